The number of amides is 2. The molecule has 0 aromatic carbocycles. The Balaban J connectivity index is 2.20. The highest BCUT2D eigenvalue weighted by Crippen LogP contribution is 2.62. The number of primary amides is 1. The molecule has 4 atom stereocenters. The van der Waals surface area contributed by atoms with Crippen molar-refractivity contribution in [2.24, 2.45) is 28.4 Å². The Labute approximate surface area is 146 Å². The van der Waals surface area contributed by atoms with Crippen LogP contribution >= 0.6 is 0 Å². The molecule has 5 N–H and O–H groups in total. The van der Waals surface area contributed by atoms with Gasteiger partial charge < -0.3 is 16.3 Å². The average Bonchev–Trinajstić information content (AvgIpc) is 2.42. The van der Waals surface area contributed by atoms with E-state index in [0.29, 0.717) is 11.3 Å². The normalized spacial score (nSPS) is 39.0. The summed E-state index contributed by atoms with van der Waals surface area (Å²) in [5.74, 6) is 0.864. The van der Waals surface area contributed by atoms with Gasteiger partial charge >= 0.3 is 6.03 Å². The van der Waals surface area contributed by atoms with Gasteiger partial charge in [-0.1, -0.05) is 33.3 Å². The van der Waals surface area contributed by atoms with Crippen LogP contribution in [0.4, 0.5) is 4.79 Å². The lowest BCUT2D eigenvalue weighted by molar-refractivity contribution is -0.165. The van der Waals surface area contributed by atoms with Gasteiger partial charge in [-0.25, -0.2) is 4.79 Å². The lowest BCUT2D eigenvalue weighted by atomic mass is 9.45. The molecule has 2 rings (SSSR count). The lowest BCUT2D eigenvalue weighted by Gasteiger charge is -2.61. The number of rotatable bonds is 4. The Hall–Kier alpha value is -1.23. The highest BCUT2D eigenvalue weighted by Gasteiger charge is 2.57. The fourth-order valence-corrected chi connectivity index (χ4v) is 5.65. The van der Waals surface area contributed by atoms with Crippen LogP contribution < -0.4 is 16.6 Å². The third-order valence-electron chi connectivity index (χ3n) is 6.80. The molecule has 0 aromatic heterocycles. The van der Waals surface area contributed by atoms with Gasteiger partial charge in [0.2, 0.25) is 0 Å². The number of hydrazine groups is 1. The van der Waals surface area contributed by atoms with Gasteiger partial charge in [0.25, 0.3) is 0 Å². The zero-order valence-corrected chi connectivity index (χ0v) is 15.9. The summed E-state index contributed by atoms with van der Waals surface area (Å²) in [4.78, 5) is 10.8. The summed E-state index contributed by atoms with van der Waals surface area (Å²) < 4.78 is 0. The molecular formula is C19H35N3O2. The van der Waals surface area contributed by atoms with Gasteiger partial charge in [-0.2, -0.15) is 0 Å². The summed E-state index contributed by atoms with van der Waals surface area (Å²) in [6.45, 7) is 11.1. The number of carbonyl (C=O) groups is 1. The molecule has 0 aromatic rings. The topological polar surface area (TPSA) is 87.4 Å². The van der Waals surface area contributed by atoms with Crippen LogP contribution in [0.2, 0.25) is 0 Å². The van der Waals surface area contributed by atoms with Crippen LogP contribution in [0, 0.1) is 22.7 Å². The molecule has 0 unspecified atom stereocenters. The van der Waals surface area contributed by atoms with Crippen LogP contribution in [-0.2, 0) is 0 Å². The van der Waals surface area contributed by atoms with Gasteiger partial charge in [0.15, 0.2) is 0 Å². The average molecular weight is 338 g/mol. The van der Waals surface area contributed by atoms with Gasteiger partial charge in [0, 0.05) is 5.70 Å². The first-order valence-corrected chi connectivity index (χ1v) is 9.20. The molecule has 0 aliphatic heterocycles. The van der Waals surface area contributed by atoms with Gasteiger partial charge in [-0.05, 0) is 68.6 Å². The first-order chi connectivity index (χ1) is 11.0. The van der Waals surface area contributed by atoms with Crippen LogP contribution in [-0.4, -0.2) is 16.7 Å². The van der Waals surface area contributed by atoms with Crippen LogP contribution in [0.1, 0.15) is 73.1 Å². The quantitative estimate of drug-likeness (QED) is 0.593. The number of aliphatic hydroxyl groups is 1. The summed E-state index contributed by atoms with van der Waals surface area (Å²) in [7, 11) is 0. The zero-order valence-electron chi connectivity index (χ0n) is 15.9. The first kappa shape index (κ1) is 19.1. The molecule has 0 saturated heterocycles. The second-order valence-corrected chi connectivity index (χ2v) is 9.09. The summed E-state index contributed by atoms with van der Waals surface area (Å²) >= 11 is 0. The van der Waals surface area contributed by atoms with E-state index in [4.69, 9.17) is 5.73 Å². The zero-order chi connectivity index (χ0) is 18.2. The van der Waals surface area contributed by atoms with Crippen LogP contribution in [0.5, 0.6) is 0 Å². The number of allylic oxidation sites excluding steroid dienone is 2. The van der Waals surface area contributed by atoms with Gasteiger partial charge in [0.05, 0.1) is 5.60 Å². The van der Waals surface area contributed by atoms with Crippen molar-refractivity contribution in [3.63, 3.8) is 0 Å². The SMILES string of the molecule is C/C(=C/C[C@H]1[C@]2(C)CCCC(C)(C)[C@@H]2CC[C@@]1(C)O)NNC(N)=O. The minimum Gasteiger partial charge on any atom is -0.390 e. The molecular weight excluding hydrogens is 302 g/mol. The van der Waals surface area contributed by atoms with Crippen molar-refractivity contribution in [3.8, 4) is 0 Å². The summed E-state index contributed by atoms with van der Waals surface area (Å²) in [6, 6.07) is -0.603. The Bertz CT molecular complexity index is 513. The van der Waals surface area contributed by atoms with Gasteiger partial charge in [-0.15, -0.1) is 0 Å². The van der Waals surface area contributed by atoms with Crippen molar-refractivity contribution in [1.82, 2.24) is 10.9 Å². The second-order valence-electron chi connectivity index (χ2n) is 9.09. The van der Waals surface area contributed by atoms with E-state index in [2.05, 4.69) is 37.7 Å². The maximum Gasteiger partial charge on any atom is 0.330 e. The fraction of sp³-hybridized carbons (Fsp3) is 0.842. The molecule has 0 spiro atoms. The van der Waals surface area contributed by atoms with E-state index in [1.807, 2.05) is 13.8 Å². The number of hydrogen-bond donors (Lipinski definition) is 4. The first-order valence-electron chi connectivity index (χ1n) is 9.20. The van der Waals surface area contributed by atoms with Crippen molar-refractivity contribution >= 4 is 6.03 Å². The lowest BCUT2D eigenvalue weighted by Crippen LogP contribution is -2.57. The predicted molar refractivity (Wildman–Crippen MR) is 96.8 cm³/mol. The number of urea groups is 1. The molecule has 5 heteroatoms. The maximum atomic E-state index is 11.1. The molecule has 0 bridgehead atoms. The molecule has 2 aliphatic carbocycles. The summed E-state index contributed by atoms with van der Waals surface area (Å²) in [5.41, 5.74) is 11.0. The van der Waals surface area contributed by atoms with Crippen molar-refractivity contribution < 1.29 is 9.90 Å². The molecule has 0 heterocycles. The molecule has 2 amide bonds. The highest BCUT2D eigenvalue weighted by atomic mass is 16.3. The van der Waals surface area contributed by atoms with Gasteiger partial charge in [-0.3, -0.25) is 5.43 Å². The van der Waals surface area contributed by atoms with E-state index >= 15 is 0 Å². The number of hydrogen-bond acceptors (Lipinski definition) is 3. The van der Waals surface area contributed by atoms with Crippen molar-refractivity contribution in [2.45, 2.75) is 78.7 Å². The third-order valence-corrected chi connectivity index (χ3v) is 6.80. The smallest absolute Gasteiger partial charge is 0.330 e. The fourth-order valence-electron chi connectivity index (χ4n) is 5.65. The van der Waals surface area contributed by atoms with E-state index in [-0.39, 0.29) is 11.3 Å². The minimum atomic E-state index is -0.646. The molecule has 138 valence electrons. The maximum absolute atomic E-state index is 11.1. The molecule has 0 radical (unpaired) electrons. The summed E-state index contributed by atoms with van der Waals surface area (Å²) in [6.07, 6.45) is 8.54. The molecule has 2 aliphatic rings. The van der Waals surface area contributed by atoms with Crippen molar-refractivity contribution in [2.75, 3.05) is 0 Å². The van der Waals surface area contributed by atoms with Crippen LogP contribution in [0.25, 0.3) is 0 Å². The Morgan fingerprint density at radius 1 is 1.21 bits per heavy atom. The Morgan fingerprint density at radius 2 is 1.88 bits per heavy atom. The van der Waals surface area contributed by atoms with E-state index in [9.17, 15) is 9.90 Å². The third kappa shape index (κ3) is 3.71. The van der Waals surface area contributed by atoms with Crippen molar-refractivity contribution in [1.29, 1.82) is 0 Å². The number of fused-ring (bicyclic) bond motifs is 1. The second kappa shape index (κ2) is 6.58. The number of nitrogens with one attached hydrogen (secondary N) is 2. The van der Waals surface area contributed by atoms with Gasteiger partial charge in [0.1, 0.15) is 0 Å². The molecule has 2 fully saturated rings. The van der Waals surface area contributed by atoms with Crippen LogP contribution in [0.15, 0.2) is 11.8 Å². The van der Waals surface area contributed by atoms with Crippen LogP contribution in [0.3, 0.4) is 0 Å². The van der Waals surface area contributed by atoms with E-state index in [1.165, 1.54) is 19.3 Å². The van der Waals surface area contributed by atoms with E-state index in [0.717, 1.165) is 25.0 Å². The molecule has 5 nitrogen and oxygen atoms in total. The Kier molecular flexibility index (Phi) is 5.24. The van der Waals surface area contributed by atoms with Crippen molar-refractivity contribution in [3.05, 3.63) is 11.8 Å². The Morgan fingerprint density at radius 3 is 2.50 bits per heavy atom. The molecule has 2 saturated carbocycles. The summed E-state index contributed by atoms with van der Waals surface area (Å²) in [5, 5.41) is 11.1. The monoisotopic (exact) mass is 337 g/mol. The number of carbonyl (C=O) groups excluding carboxylic acids is 1. The predicted octanol–water partition coefficient (Wildman–Crippen LogP) is 3.45. The van der Waals surface area contributed by atoms with E-state index < -0.39 is 11.6 Å². The largest absolute Gasteiger partial charge is 0.390 e. The van der Waals surface area contributed by atoms with E-state index in [1.54, 1.807) is 0 Å². The number of nitrogens with two attached hydrogens (primary N) is 1. The standard InChI is InChI=1S/C19H35N3O2/c1-13(21-22-16(20)23)7-8-15-18(4)11-6-10-17(2,3)14(18)9-12-19(15,5)24/h7,14-15,21,24H,6,8-12H2,1-5H3,(H3,20,22,23)/b13-7-/t14-,15-,18+,19+/m0/s1. The highest BCUT2D eigenvalue weighted by molar-refractivity contribution is 5.71. The molecule has 24 heavy (non-hydrogen) atoms. The minimum absolute atomic E-state index is 0.150.